The standard InChI is InChI=1S/C22H16F3N5O3/c1-32-18-5-3-2-4-14(18)16-10-17(19(24)25)30-21(28-16)15(11-27-30)22(31)33-29-20(26)12-6-8-13(23)9-7-12/h2-11,19H,1H3,(H2,26,29). The van der Waals surface area contributed by atoms with Gasteiger partial charge in [-0.1, -0.05) is 17.3 Å². The first-order chi connectivity index (χ1) is 15.9. The van der Waals surface area contributed by atoms with Gasteiger partial charge in [-0.25, -0.2) is 27.5 Å². The fourth-order valence-electron chi connectivity index (χ4n) is 3.09. The molecule has 0 spiro atoms. The van der Waals surface area contributed by atoms with Crippen LogP contribution in [0.1, 0.15) is 28.0 Å². The van der Waals surface area contributed by atoms with Crippen LogP contribution in [0.3, 0.4) is 0 Å². The molecule has 0 aliphatic heterocycles. The summed E-state index contributed by atoms with van der Waals surface area (Å²) in [5.41, 5.74) is 5.84. The van der Waals surface area contributed by atoms with Crippen LogP contribution in [0.15, 0.2) is 65.9 Å². The predicted octanol–water partition coefficient (Wildman–Crippen LogP) is 3.96. The molecule has 4 rings (SSSR count). The zero-order chi connectivity index (χ0) is 23.5. The number of carbonyl (C=O) groups excluding carboxylic acids is 1. The number of benzene rings is 2. The molecule has 0 amide bonds. The van der Waals surface area contributed by atoms with Crippen LogP contribution in [0.5, 0.6) is 5.75 Å². The molecule has 4 aromatic rings. The summed E-state index contributed by atoms with van der Waals surface area (Å²) in [6.45, 7) is 0. The molecule has 0 bridgehead atoms. The van der Waals surface area contributed by atoms with Crippen LogP contribution < -0.4 is 10.5 Å². The van der Waals surface area contributed by atoms with E-state index in [0.717, 1.165) is 10.7 Å². The lowest BCUT2D eigenvalue weighted by molar-refractivity contribution is 0.0518. The maximum atomic E-state index is 13.8. The molecule has 11 heteroatoms. The number of nitrogens with zero attached hydrogens (tertiary/aromatic N) is 4. The van der Waals surface area contributed by atoms with Crippen LogP contribution in [0.2, 0.25) is 0 Å². The highest BCUT2D eigenvalue weighted by atomic mass is 19.3. The molecule has 2 aromatic carbocycles. The van der Waals surface area contributed by atoms with E-state index in [1.807, 2.05) is 0 Å². The highest BCUT2D eigenvalue weighted by molar-refractivity contribution is 5.99. The number of oxime groups is 1. The number of hydrogen-bond donors (Lipinski definition) is 1. The molecule has 33 heavy (non-hydrogen) atoms. The molecular formula is C22H16F3N5O3. The van der Waals surface area contributed by atoms with Gasteiger partial charge >= 0.3 is 5.97 Å². The van der Waals surface area contributed by atoms with Crippen molar-refractivity contribution in [2.24, 2.45) is 10.9 Å². The van der Waals surface area contributed by atoms with E-state index in [0.29, 0.717) is 16.9 Å². The van der Waals surface area contributed by atoms with Crippen LogP contribution in [0.4, 0.5) is 13.2 Å². The van der Waals surface area contributed by atoms with Gasteiger partial charge in [0.05, 0.1) is 19.0 Å². The van der Waals surface area contributed by atoms with Crippen LogP contribution in [0, 0.1) is 5.82 Å². The first kappa shape index (κ1) is 21.8. The number of fused-ring (bicyclic) bond motifs is 1. The van der Waals surface area contributed by atoms with E-state index in [2.05, 4.69) is 15.2 Å². The summed E-state index contributed by atoms with van der Waals surface area (Å²) in [5, 5.41) is 7.40. The molecule has 0 saturated heterocycles. The van der Waals surface area contributed by atoms with E-state index in [1.165, 1.54) is 37.4 Å². The summed E-state index contributed by atoms with van der Waals surface area (Å²) < 4.78 is 46.7. The highest BCUT2D eigenvalue weighted by Crippen LogP contribution is 2.32. The van der Waals surface area contributed by atoms with E-state index in [9.17, 15) is 18.0 Å². The zero-order valence-corrected chi connectivity index (χ0v) is 17.1. The van der Waals surface area contributed by atoms with Gasteiger partial charge in [-0.3, -0.25) is 0 Å². The molecule has 0 fully saturated rings. The van der Waals surface area contributed by atoms with Gasteiger partial charge in [-0.05, 0) is 42.5 Å². The Morgan fingerprint density at radius 1 is 1.15 bits per heavy atom. The Labute approximate surface area is 185 Å². The Hall–Kier alpha value is -4.41. The van der Waals surface area contributed by atoms with Crippen molar-refractivity contribution in [3.63, 3.8) is 0 Å². The summed E-state index contributed by atoms with van der Waals surface area (Å²) in [6, 6.07) is 12.9. The molecule has 0 saturated carbocycles. The molecule has 0 aliphatic rings. The largest absolute Gasteiger partial charge is 0.496 e. The minimum atomic E-state index is -2.90. The minimum Gasteiger partial charge on any atom is -0.496 e. The van der Waals surface area contributed by atoms with Gasteiger partial charge < -0.3 is 15.3 Å². The molecule has 0 radical (unpaired) electrons. The Bertz CT molecular complexity index is 1350. The van der Waals surface area contributed by atoms with E-state index in [-0.39, 0.29) is 22.7 Å². The smallest absolute Gasteiger partial charge is 0.371 e. The number of nitrogens with two attached hydrogens (primary N) is 1. The number of ether oxygens (including phenoxy) is 1. The number of carbonyl (C=O) groups is 1. The van der Waals surface area contributed by atoms with Crippen molar-refractivity contribution in [1.82, 2.24) is 14.6 Å². The van der Waals surface area contributed by atoms with Crippen molar-refractivity contribution in [2.75, 3.05) is 7.11 Å². The molecule has 168 valence electrons. The number of amidine groups is 1. The first-order valence-corrected chi connectivity index (χ1v) is 9.50. The van der Waals surface area contributed by atoms with Crippen LogP contribution in [-0.2, 0) is 4.84 Å². The second-order valence-electron chi connectivity index (χ2n) is 6.72. The number of hydrogen-bond acceptors (Lipinski definition) is 6. The number of halogens is 3. The molecule has 0 aliphatic carbocycles. The summed E-state index contributed by atoms with van der Waals surface area (Å²) in [7, 11) is 1.44. The Morgan fingerprint density at radius 2 is 1.88 bits per heavy atom. The first-order valence-electron chi connectivity index (χ1n) is 9.50. The summed E-state index contributed by atoms with van der Waals surface area (Å²) >= 11 is 0. The number of alkyl halides is 2. The minimum absolute atomic E-state index is 0.152. The van der Waals surface area contributed by atoms with Crippen molar-refractivity contribution in [2.45, 2.75) is 6.43 Å². The van der Waals surface area contributed by atoms with Gasteiger partial charge in [0, 0.05) is 11.1 Å². The second kappa shape index (κ2) is 8.99. The molecule has 8 nitrogen and oxygen atoms in total. The fourth-order valence-corrected chi connectivity index (χ4v) is 3.09. The topological polar surface area (TPSA) is 104 Å². The maximum Gasteiger partial charge on any atom is 0.371 e. The van der Waals surface area contributed by atoms with Gasteiger partial charge in [0.15, 0.2) is 11.5 Å². The SMILES string of the molecule is COc1ccccc1-c1cc(C(F)F)n2ncc(C(=O)O/N=C(\N)c3ccc(F)cc3)c2n1. The van der Waals surface area contributed by atoms with Crippen molar-refractivity contribution in [1.29, 1.82) is 0 Å². The highest BCUT2D eigenvalue weighted by Gasteiger charge is 2.23. The van der Waals surface area contributed by atoms with Gasteiger partial charge in [0.2, 0.25) is 0 Å². The third kappa shape index (κ3) is 4.33. The third-order valence-electron chi connectivity index (χ3n) is 4.69. The van der Waals surface area contributed by atoms with Gasteiger partial charge in [-0.15, -0.1) is 0 Å². The maximum absolute atomic E-state index is 13.8. The van der Waals surface area contributed by atoms with Crippen molar-refractivity contribution in [3.05, 3.63) is 83.4 Å². The molecule has 0 atom stereocenters. The molecule has 2 heterocycles. The van der Waals surface area contributed by atoms with Gasteiger partial charge in [0.1, 0.15) is 22.8 Å². The predicted molar refractivity (Wildman–Crippen MR) is 112 cm³/mol. The number of aromatic nitrogens is 3. The normalized spacial score (nSPS) is 11.7. The summed E-state index contributed by atoms with van der Waals surface area (Å²) in [5.74, 6) is -1.26. The average molecular weight is 455 g/mol. The van der Waals surface area contributed by atoms with E-state index >= 15 is 0 Å². The van der Waals surface area contributed by atoms with Crippen molar-refractivity contribution in [3.8, 4) is 17.0 Å². The van der Waals surface area contributed by atoms with Crippen LogP contribution in [0.25, 0.3) is 16.9 Å². The summed E-state index contributed by atoms with van der Waals surface area (Å²) in [6.07, 6.45) is -1.86. The lowest BCUT2D eigenvalue weighted by Crippen LogP contribution is -2.15. The molecule has 0 unspecified atom stereocenters. The van der Waals surface area contributed by atoms with Crippen LogP contribution >= 0.6 is 0 Å². The second-order valence-corrected chi connectivity index (χ2v) is 6.72. The van der Waals surface area contributed by atoms with E-state index in [4.69, 9.17) is 15.3 Å². The van der Waals surface area contributed by atoms with Gasteiger partial charge in [-0.2, -0.15) is 5.10 Å². The van der Waals surface area contributed by atoms with Crippen molar-refractivity contribution >= 4 is 17.5 Å². The third-order valence-corrected chi connectivity index (χ3v) is 4.69. The van der Waals surface area contributed by atoms with Gasteiger partial charge in [0.25, 0.3) is 6.43 Å². The van der Waals surface area contributed by atoms with E-state index < -0.39 is 23.9 Å². The molecule has 2 N–H and O–H groups in total. The Morgan fingerprint density at radius 3 is 2.58 bits per heavy atom. The molecule has 2 aromatic heterocycles. The Balaban J connectivity index is 1.74. The van der Waals surface area contributed by atoms with Crippen LogP contribution in [-0.4, -0.2) is 33.5 Å². The quantitative estimate of drug-likeness (QED) is 0.204. The average Bonchev–Trinajstić information content (AvgIpc) is 3.26. The number of para-hydroxylation sites is 1. The molecular weight excluding hydrogens is 439 g/mol. The van der Waals surface area contributed by atoms with E-state index in [1.54, 1.807) is 24.3 Å². The number of rotatable bonds is 6. The Kier molecular flexibility index (Phi) is 5.94. The van der Waals surface area contributed by atoms with Crippen molar-refractivity contribution < 1.29 is 27.5 Å². The summed E-state index contributed by atoms with van der Waals surface area (Å²) in [4.78, 5) is 21.8. The lowest BCUT2D eigenvalue weighted by Gasteiger charge is -2.11. The fraction of sp³-hybridized carbons (Fsp3) is 0.0909. The number of methoxy groups -OCH3 is 1. The zero-order valence-electron chi connectivity index (χ0n) is 17.1. The monoisotopic (exact) mass is 455 g/mol. The lowest BCUT2D eigenvalue weighted by atomic mass is 10.1.